The molecule has 4 nitrogen and oxygen atoms in total. The molecule has 2 heterocycles. The number of aliphatic hydroxyl groups excluding tert-OH is 1. The van der Waals surface area contributed by atoms with Crippen LogP contribution in [0.5, 0.6) is 0 Å². The van der Waals surface area contributed by atoms with Gasteiger partial charge in [0.2, 0.25) is 0 Å². The van der Waals surface area contributed by atoms with E-state index in [0.717, 1.165) is 34.1 Å². The first-order valence-corrected chi connectivity index (χ1v) is 5.54. The highest BCUT2D eigenvalue weighted by molar-refractivity contribution is 7.09. The molecule has 80 valence electrons. The molecule has 0 unspecified atom stereocenters. The zero-order chi connectivity index (χ0) is 10.8. The number of thiazole rings is 1. The predicted octanol–water partition coefficient (Wildman–Crippen LogP) is 1.83. The van der Waals surface area contributed by atoms with E-state index >= 15 is 0 Å². The molecule has 2 rings (SSSR count). The molecule has 1 N–H and O–H groups in total. The Bertz CT molecular complexity index is 442. The van der Waals surface area contributed by atoms with Crippen LogP contribution in [0.1, 0.15) is 27.7 Å². The minimum atomic E-state index is -0.00188. The van der Waals surface area contributed by atoms with Gasteiger partial charge in [-0.1, -0.05) is 5.16 Å². The van der Waals surface area contributed by atoms with Crippen molar-refractivity contribution in [2.75, 3.05) is 0 Å². The van der Waals surface area contributed by atoms with Gasteiger partial charge in [-0.3, -0.25) is 0 Å². The van der Waals surface area contributed by atoms with Crippen molar-refractivity contribution in [2.24, 2.45) is 0 Å². The topological polar surface area (TPSA) is 59.2 Å². The average molecular weight is 224 g/mol. The molecule has 0 atom stereocenters. The monoisotopic (exact) mass is 224 g/mol. The molecule has 0 aliphatic heterocycles. The fraction of sp³-hybridized carbons (Fsp3) is 0.400. The van der Waals surface area contributed by atoms with Gasteiger partial charge < -0.3 is 9.63 Å². The van der Waals surface area contributed by atoms with Crippen LogP contribution in [0.4, 0.5) is 0 Å². The molecular formula is C10H12N2O2S. The lowest BCUT2D eigenvalue weighted by Crippen LogP contribution is -1.91. The highest BCUT2D eigenvalue weighted by Crippen LogP contribution is 2.19. The van der Waals surface area contributed by atoms with E-state index in [2.05, 4.69) is 10.1 Å². The molecule has 0 fully saturated rings. The first kappa shape index (κ1) is 10.3. The number of nitrogens with zero attached hydrogens (tertiary/aromatic N) is 2. The van der Waals surface area contributed by atoms with Gasteiger partial charge in [0.25, 0.3) is 0 Å². The van der Waals surface area contributed by atoms with Crippen molar-refractivity contribution in [1.82, 2.24) is 10.1 Å². The van der Waals surface area contributed by atoms with Gasteiger partial charge in [-0.05, 0) is 13.8 Å². The Hall–Kier alpha value is -1.20. The third-order valence-electron chi connectivity index (χ3n) is 2.27. The first-order valence-electron chi connectivity index (χ1n) is 4.66. The van der Waals surface area contributed by atoms with E-state index in [1.807, 2.05) is 19.2 Å². The zero-order valence-corrected chi connectivity index (χ0v) is 9.47. The molecule has 0 saturated carbocycles. The van der Waals surface area contributed by atoms with Crippen molar-refractivity contribution >= 4 is 11.3 Å². The number of aromatic nitrogens is 2. The molecule has 0 radical (unpaired) electrons. The number of aryl methyl sites for hydroxylation is 2. The average Bonchev–Trinajstić information content (AvgIpc) is 2.80. The summed E-state index contributed by atoms with van der Waals surface area (Å²) in [5.41, 5.74) is 2.73. The molecule has 0 aliphatic carbocycles. The summed E-state index contributed by atoms with van der Waals surface area (Å²) in [5, 5.41) is 15.6. The van der Waals surface area contributed by atoms with Crippen LogP contribution in [0.3, 0.4) is 0 Å². The van der Waals surface area contributed by atoms with E-state index < -0.39 is 0 Å². The maximum absolute atomic E-state index is 8.90. The highest BCUT2D eigenvalue weighted by atomic mass is 32.1. The lowest BCUT2D eigenvalue weighted by Gasteiger charge is -1.94. The van der Waals surface area contributed by atoms with Gasteiger partial charge >= 0.3 is 0 Å². The molecule has 2 aromatic heterocycles. The van der Waals surface area contributed by atoms with Crippen molar-refractivity contribution in [2.45, 2.75) is 26.9 Å². The zero-order valence-electron chi connectivity index (χ0n) is 8.65. The van der Waals surface area contributed by atoms with Crippen molar-refractivity contribution < 1.29 is 9.63 Å². The number of hydrogen-bond acceptors (Lipinski definition) is 5. The standard InChI is InChI=1S/C10H12N2O2S/c1-6-9(7(2)14-12-6)3-10-11-8(4-13)5-15-10/h5,13H,3-4H2,1-2H3. The summed E-state index contributed by atoms with van der Waals surface area (Å²) >= 11 is 1.55. The molecule has 0 saturated heterocycles. The van der Waals surface area contributed by atoms with Gasteiger partial charge in [-0.2, -0.15) is 0 Å². The normalized spacial score (nSPS) is 10.9. The highest BCUT2D eigenvalue weighted by Gasteiger charge is 2.11. The third kappa shape index (κ3) is 2.08. The fourth-order valence-corrected chi connectivity index (χ4v) is 2.21. The minimum absolute atomic E-state index is 0.00188. The van der Waals surface area contributed by atoms with Gasteiger partial charge in [-0.25, -0.2) is 4.98 Å². The number of rotatable bonds is 3. The molecule has 0 spiro atoms. The second-order valence-electron chi connectivity index (χ2n) is 3.37. The van der Waals surface area contributed by atoms with E-state index in [-0.39, 0.29) is 6.61 Å². The summed E-state index contributed by atoms with van der Waals surface area (Å²) in [5.74, 6) is 0.841. The van der Waals surface area contributed by atoms with E-state index in [1.54, 1.807) is 11.3 Å². The third-order valence-corrected chi connectivity index (χ3v) is 3.17. The summed E-state index contributed by atoms with van der Waals surface area (Å²) < 4.78 is 5.08. The molecule has 0 aliphatic rings. The van der Waals surface area contributed by atoms with Crippen LogP contribution in [0.15, 0.2) is 9.90 Å². The second kappa shape index (κ2) is 4.12. The Kier molecular flexibility index (Phi) is 2.83. The smallest absolute Gasteiger partial charge is 0.137 e. The maximum Gasteiger partial charge on any atom is 0.137 e. The van der Waals surface area contributed by atoms with E-state index in [0.29, 0.717) is 0 Å². The van der Waals surface area contributed by atoms with Gasteiger partial charge in [0.15, 0.2) is 0 Å². The van der Waals surface area contributed by atoms with Crippen LogP contribution in [-0.4, -0.2) is 15.2 Å². The van der Waals surface area contributed by atoms with Crippen LogP contribution in [0.25, 0.3) is 0 Å². The van der Waals surface area contributed by atoms with Gasteiger partial charge in [0.1, 0.15) is 5.76 Å². The van der Waals surface area contributed by atoms with Crippen molar-refractivity contribution in [1.29, 1.82) is 0 Å². The molecule has 0 aromatic carbocycles. The van der Waals surface area contributed by atoms with Gasteiger partial charge in [0, 0.05) is 17.4 Å². The summed E-state index contributed by atoms with van der Waals surface area (Å²) in [6.07, 6.45) is 0.728. The molecule has 15 heavy (non-hydrogen) atoms. The van der Waals surface area contributed by atoms with E-state index in [1.165, 1.54) is 0 Å². The minimum Gasteiger partial charge on any atom is -0.390 e. The van der Waals surface area contributed by atoms with Gasteiger partial charge in [0.05, 0.1) is 23.0 Å². The van der Waals surface area contributed by atoms with Crippen molar-refractivity contribution in [3.63, 3.8) is 0 Å². The Morgan fingerprint density at radius 2 is 2.27 bits per heavy atom. The maximum atomic E-state index is 8.90. The predicted molar refractivity (Wildman–Crippen MR) is 56.8 cm³/mol. The lowest BCUT2D eigenvalue weighted by molar-refractivity contribution is 0.277. The van der Waals surface area contributed by atoms with Crippen LogP contribution in [0.2, 0.25) is 0 Å². The van der Waals surface area contributed by atoms with Crippen LogP contribution in [-0.2, 0) is 13.0 Å². The van der Waals surface area contributed by atoms with Crippen molar-refractivity contribution in [3.8, 4) is 0 Å². The Balaban J connectivity index is 2.21. The van der Waals surface area contributed by atoms with Crippen LogP contribution >= 0.6 is 11.3 Å². The van der Waals surface area contributed by atoms with E-state index in [4.69, 9.17) is 9.63 Å². The summed E-state index contributed by atoms with van der Waals surface area (Å²) in [7, 11) is 0. The Labute approximate surface area is 91.6 Å². The SMILES string of the molecule is Cc1noc(C)c1Cc1nc(CO)cs1. The molecule has 0 amide bonds. The van der Waals surface area contributed by atoms with Crippen LogP contribution in [0, 0.1) is 13.8 Å². The molecule has 0 bridgehead atoms. The second-order valence-corrected chi connectivity index (χ2v) is 4.31. The quantitative estimate of drug-likeness (QED) is 0.864. The number of hydrogen-bond donors (Lipinski definition) is 1. The fourth-order valence-electron chi connectivity index (χ4n) is 1.41. The first-order chi connectivity index (χ1) is 7.20. The van der Waals surface area contributed by atoms with Crippen LogP contribution < -0.4 is 0 Å². The van der Waals surface area contributed by atoms with Crippen molar-refractivity contribution in [3.05, 3.63) is 33.1 Å². The Morgan fingerprint density at radius 3 is 2.80 bits per heavy atom. The summed E-state index contributed by atoms with van der Waals surface area (Å²) in [4.78, 5) is 4.28. The number of aliphatic hydroxyl groups is 1. The largest absolute Gasteiger partial charge is 0.390 e. The summed E-state index contributed by atoms with van der Waals surface area (Å²) in [6.45, 7) is 3.82. The van der Waals surface area contributed by atoms with E-state index in [9.17, 15) is 0 Å². The molecule has 5 heteroatoms. The molecule has 2 aromatic rings. The Morgan fingerprint density at radius 1 is 1.47 bits per heavy atom. The lowest BCUT2D eigenvalue weighted by atomic mass is 10.1. The molecular weight excluding hydrogens is 212 g/mol. The van der Waals surface area contributed by atoms with Gasteiger partial charge in [-0.15, -0.1) is 11.3 Å². The summed E-state index contributed by atoms with van der Waals surface area (Å²) in [6, 6.07) is 0.